The molecular weight excluding hydrogens is 477 g/mol. The fourth-order valence-corrected chi connectivity index (χ4v) is 6.32. The minimum Gasteiger partial charge on any atom is -0.358 e. The number of carbonyl (C=O) groups excluding carboxylic acids is 2. The van der Waals surface area contributed by atoms with E-state index in [9.17, 15) is 14.0 Å². The molecule has 6 rings (SSSR count). The maximum atomic E-state index is 14.0. The molecule has 2 heterocycles. The molecule has 6 heteroatoms. The van der Waals surface area contributed by atoms with Gasteiger partial charge in [-0.1, -0.05) is 30.7 Å². The Morgan fingerprint density at radius 3 is 2.68 bits per heavy atom. The number of ketones is 1. The minimum atomic E-state index is -0.324. The summed E-state index contributed by atoms with van der Waals surface area (Å²) in [5, 5.41) is 6.56. The number of Topliss-reactive ketones (excluding diaryl/α,β-unsaturated/α-hetero) is 1. The molecule has 3 N–H and O–H groups in total. The molecule has 3 aromatic rings. The van der Waals surface area contributed by atoms with Gasteiger partial charge in [0.05, 0.1) is 5.57 Å². The van der Waals surface area contributed by atoms with Crippen LogP contribution in [0.25, 0.3) is 22.8 Å². The highest BCUT2D eigenvalue weighted by Crippen LogP contribution is 2.41. The number of benzene rings is 2. The van der Waals surface area contributed by atoms with Gasteiger partial charge in [0.1, 0.15) is 5.82 Å². The third-order valence-corrected chi connectivity index (χ3v) is 8.51. The molecule has 5 nitrogen and oxygen atoms in total. The minimum absolute atomic E-state index is 0.0329. The van der Waals surface area contributed by atoms with E-state index in [4.69, 9.17) is 0 Å². The zero-order chi connectivity index (χ0) is 26.4. The van der Waals surface area contributed by atoms with Crippen LogP contribution in [0.3, 0.4) is 0 Å². The van der Waals surface area contributed by atoms with Gasteiger partial charge in [0.25, 0.3) is 5.91 Å². The van der Waals surface area contributed by atoms with Gasteiger partial charge in [0.15, 0.2) is 5.78 Å². The maximum Gasteiger partial charge on any atom is 0.256 e. The smallest absolute Gasteiger partial charge is 0.256 e. The van der Waals surface area contributed by atoms with E-state index in [0.29, 0.717) is 22.7 Å². The van der Waals surface area contributed by atoms with Crippen molar-refractivity contribution in [2.75, 3.05) is 18.4 Å². The maximum absolute atomic E-state index is 14.0. The first-order valence-electron chi connectivity index (χ1n) is 13.8. The average molecular weight is 512 g/mol. The number of H-pyrrole nitrogens is 1. The summed E-state index contributed by atoms with van der Waals surface area (Å²) in [5.74, 6) is 0.919. The molecule has 1 aromatic heterocycles. The zero-order valence-electron chi connectivity index (χ0n) is 22.0. The molecule has 196 valence electrons. The summed E-state index contributed by atoms with van der Waals surface area (Å²) in [5.41, 5.74) is 6.69. The van der Waals surface area contributed by atoms with Gasteiger partial charge in [0.2, 0.25) is 0 Å². The first-order chi connectivity index (χ1) is 18.4. The highest BCUT2D eigenvalue weighted by atomic mass is 19.1. The summed E-state index contributed by atoms with van der Waals surface area (Å²) >= 11 is 0. The van der Waals surface area contributed by atoms with Crippen molar-refractivity contribution in [3.05, 3.63) is 76.4 Å². The Morgan fingerprint density at radius 2 is 1.89 bits per heavy atom. The van der Waals surface area contributed by atoms with Crippen LogP contribution in [0.4, 0.5) is 10.1 Å². The third kappa shape index (κ3) is 4.62. The fraction of sp³-hybridized carbons (Fsp3) is 0.375. The molecule has 1 amide bonds. The van der Waals surface area contributed by atoms with Crippen molar-refractivity contribution in [1.29, 1.82) is 0 Å². The van der Waals surface area contributed by atoms with Gasteiger partial charge in [0, 0.05) is 34.1 Å². The van der Waals surface area contributed by atoms with Crippen molar-refractivity contribution in [2.45, 2.75) is 46.0 Å². The van der Waals surface area contributed by atoms with E-state index in [2.05, 4.69) is 15.6 Å². The number of hydrogen-bond donors (Lipinski definition) is 3. The lowest BCUT2D eigenvalue weighted by atomic mass is 9.86. The molecule has 0 radical (unpaired) electrons. The normalized spacial score (nSPS) is 21.7. The summed E-state index contributed by atoms with van der Waals surface area (Å²) in [6.07, 6.45) is 7.60. The van der Waals surface area contributed by atoms with Crippen molar-refractivity contribution < 1.29 is 14.0 Å². The Hall–Kier alpha value is -3.51. The van der Waals surface area contributed by atoms with E-state index in [1.807, 2.05) is 44.2 Å². The van der Waals surface area contributed by atoms with Gasteiger partial charge >= 0.3 is 0 Å². The number of aromatic amines is 1. The molecule has 1 unspecified atom stereocenters. The van der Waals surface area contributed by atoms with Crippen LogP contribution in [0, 0.1) is 37.4 Å². The average Bonchev–Trinajstić information content (AvgIpc) is 3.39. The first-order valence-corrected chi connectivity index (χ1v) is 13.8. The molecule has 2 aromatic carbocycles. The van der Waals surface area contributed by atoms with Crippen molar-refractivity contribution >= 4 is 29.0 Å². The zero-order valence-corrected chi connectivity index (χ0v) is 22.0. The van der Waals surface area contributed by atoms with Gasteiger partial charge in [-0.2, -0.15) is 0 Å². The van der Waals surface area contributed by atoms with Crippen LogP contribution in [-0.2, 0) is 4.79 Å². The molecule has 2 saturated carbocycles. The van der Waals surface area contributed by atoms with E-state index >= 15 is 0 Å². The number of aryl methyl sites for hydroxylation is 1. The lowest BCUT2D eigenvalue weighted by Crippen LogP contribution is -2.30. The predicted molar refractivity (Wildman–Crippen MR) is 149 cm³/mol. The number of rotatable bonds is 8. The summed E-state index contributed by atoms with van der Waals surface area (Å²) < 4.78 is 14.0. The second-order valence-electron chi connectivity index (χ2n) is 11.2. The Bertz CT molecular complexity index is 1450. The number of carbonyl (C=O) groups is 2. The second-order valence-corrected chi connectivity index (χ2v) is 11.2. The lowest BCUT2D eigenvalue weighted by molar-refractivity contribution is -0.110. The summed E-state index contributed by atoms with van der Waals surface area (Å²) in [6.45, 7) is 5.88. The second kappa shape index (κ2) is 9.99. The highest BCUT2D eigenvalue weighted by Gasteiger charge is 2.36. The molecule has 0 spiro atoms. The van der Waals surface area contributed by atoms with Crippen LogP contribution < -0.4 is 10.6 Å². The molecule has 0 bridgehead atoms. The van der Waals surface area contributed by atoms with Crippen molar-refractivity contribution in [3.63, 3.8) is 0 Å². The number of halogens is 1. The summed E-state index contributed by atoms with van der Waals surface area (Å²) in [6, 6.07) is 12.0. The number of nitrogens with one attached hydrogen (secondary N) is 3. The fourth-order valence-electron chi connectivity index (χ4n) is 6.32. The Morgan fingerprint density at radius 1 is 1.08 bits per heavy atom. The molecular formula is C32H34FN3O2. The SMILES string of the molecule is Cc1[nH]c(C=C2C(=O)Nc3cccc(-c4cccc(F)c4)c32)c(C)c1C(=O)C1CCC[C@H]1CNCC1CC1. The topological polar surface area (TPSA) is 74.0 Å². The number of aromatic nitrogens is 1. The number of fused-ring (bicyclic) bond motifs is 1. The number of anilines is 1. The van der Waals surface area contributed by atoms with Crippen LogP contribution >= 0.6 is 0 Å². The lowest BCUT2D eigenvalue weighted by Gasteiger charge is -2.19. The van der Waals surface area contributed by atoms with Gasteiger partial charge < -0.3 is 15.6 Å². The van der Waals surface area contributed by atoms with Crippen LogP contribution in [0.1, 0.15) is 65.0 Å². The van der Waals surface area contributed by atoms with Crippen molar-refractivity contribution in [1.82, 2.24) is 10.3 Å². The molecule has 2 fully saturated rings. The molecule has 38 heavy (non-hydrogen) atoms. The largest absolute Gasteiger partial charge is 0.358 e. The van der Waals surface area contributed by atoms with Crippen molar-refractivity contribution in [2.24, 2.45) is 17.8 Å². The molecule has 0 saturated heterocycles. The first kappa shape index (κ1) is 24.8. The van der Waals surface area contributed by atoms with Gasteiger partial charge in [-0.05, 0) is 105 Å². The third-order valence-electron chi connectivity index (χ3n) is 8.51. The van der Waals surface area contributed by atoms with E-state index in [1.165, 1.54) is 25.0 Å². The van der Waals surface area contributed by atoms with Gasteiger partial charge in [-0.15, -0.1) is 0 Å². The summed E-state index contributed by atoms with van der Waals surface area (Å²) in [7, 11) is 0. The van der Waals surface area contributed by atoms with Crippen LogP contribution in [0.2, 0.25) is 0 Å². The van der Waals surface area contributed by atoms with Crippen LogP contribution in [0.5, 0.6) is 0 Å². The number of hydrogen-bond acceptors (Lipinski definition) is 3. The molecule has 2 aliphatic carbocycles. The van der Waals surface area contributed by atoms with E-state index in [-0.39, 0.29) is 23.4 Å². The van der Waals surface area contributed by atoms with E-state index in [1.54, 1.807) is 6.07 Å². The Balaban J connectivity index is 1.32. The van der Waals surface area contributed by atoms with Crippen LogP contribution in [-0.4, -0.2) is 29.8 Å². The molecule has 3 aliphatic rings. The van der Waals surface area contributed by atoms with Gasteiger partial charge in [-0.25, -0.2) is 4.39 Å². The molecule has 1 aliphatic heterocycles. The van der Waals surface area contributed by atoms with E-state index in [0.717, 1.165) is 71.9 Å². The monoisotopic (exact) mass is 511 g/mol. The molecule has 2 atom stereocenters. The van der Waals surface area contributed by atoms with Crippen LogP contribution in [0.15, 0.2) is 42.5 Å². The number of amides is 1. The quantitative estimate of drug-likeness (QED) is 0.238. The predicted octanol–water partition coefficient (Wildman–Crippen LogP) is 6.53. The van der Waals surface area contributed by atoms with Gasteiger partial charge in [-0.3, -0.25) is 9.59 Å². The Labute approximate surface area is 222 Å². The van der Waals surface area contributed by atoms with Crippen molar-refractivity contribution in [3.8, 4) is 11.1 Å². The standard InChI is InChI=1S/C32H34FN3O2/c1-18-28(35-19(2)29(18)31(37)25-10-4-7-22(25)17-34-16-20-12-13-20)15-26-30-24(21-6-3-8-23(33)14-21)9-5-11-27(30)36-32(26)38/h3,5-6,8-9,11,14-15,20,22,25,34-35H,4,7,10,12-13,16-17H2,1-2H3,(H,36,38)/t22-,25?/m0/s1. The van der Waals surface area contributed by atoms with E-state index < -0.39 is 0 Å². The summed E-state index contributed by atoms with van der Waals surface area (Å²) in [4.78, 5) is 30.3. The highest BCUT2D eigenvalue weighted by molar-refractivity contribution is 6.36. The Kier molecular flexibility index (Phi) is 6.52.